The van der Waals surface area contributed by atoms with Gasteiger partial charge in [-0.2, -0.15) is 18.2 Å². The molecule has 0 aliphatic carbocycles. The molecule has 0 aliphatic rings. The number of aryl methyl sites for hydroxylation is 1. The van der Waals surface area contributed by atoms with Gasteiger partial charge in [-0.05, 0) is 59.7 Å². The molecule has 0 fully saturated rings. The lowest BCUT2D eigenvalue weighted by atomic mass is 10.0. The van der Waals surface area contributed by atoms with E-state index in [2.05, 4.69) is 15.3 Å². The fourth-order valence-electron chi connectivity index (χ4n) is 3.48. The molecule has 6 nitrogen and oxygen atoms in total. The summed E-state index contributed by atoms with van der Waals surface area (Å²) in [6.45, 7) is 1.62. The lowest BCUT2D eigenvalue weighted by Crippen LogP contribution is -2.14. The molecule has 0 saturated heterocycles. The molecule has 3 aromatic carbocycles. The summed E-state index contributed by atoms with van der Waals surface area (Å²) in [5.41, 5.74) is -0.317. The van der Waals surface area contributed by atoms with Crippen LogP contribution in [-0.2, 0) is 17.5 Å². The number of halogens is 3. The summed E-state index contributed by atoms with van der Waals surface area (Å²) in [6.07, 6.45) is -2.94. The van der Waals surface area contributed by atoms with Gasteiger partial charge in [-0.15, -0.1) is 0 Å². The summed E-state index contributed by atoms with van der Waals surface area (Å²) in [5.74, 6) is 0.802. The smallest absolute Gasteiger partial charge is 0.416 e. The summed E-state index contributed by atoms with van der Waals surface area (Å²) < 4.78 is 50.5. The van der Waals surface area contributed by atoms with Crippen LogP contribution in [0.25, 0.3) is 10.8 Å². The van der Waals surface area contributed by atoms with E-state index in [1.807, 2.05) is 6.07 Å². The number of carbonyl (C=O) groups is 1. The van der Waals surface area contributed by atoms with Gasteiger partial charge in [-0.3, -0.25) is 4.79 Å². The highest BCUT2D eigenvalue weighted by atomic mass is 19.4. The topological polar surface area (TPSA) is 73.3 Å². The summed E-state index contributed by atoms with van der Waals surface area (Å²) >= 11 is 0. The van der Waals surface area contributed by atoms with Gasteiger partial charge in [-0.1, -0.05) is 18.2 Å². The Bertz CT molecular complexity index is 1360. The lowest BCUT2D eigenvalue weighted by molar-refractivity contribution is -0.138. The van der Waals surface area contributed by atoms with Crippen molar-refractivity contribution in [3.8, 4) is 11.6 Å². The highest BCUT2D eigenvalue weighted by Gasteiger charge is 2.32. The maximum Gasteiger partial charge on any atom is 0.416 e. The first-order valence-corrected chi connectivity index (χ1v) is 10.3. The number of fused-ring (bicyclic) bond motifs is 1. The second-order valence-corrected chi connectivity index (χ2v) is 7.52. The summed E-state index contributed by atoms with van der Waals surface area (Å²) in [6, 6.07) is 15.6. The lowest BCUT2D eigenvalue weighted by Gasteiger charge is -2.13. The number of ether oxygens (including phenoxy) is 2. The van der Waals surface area contributed by atoms with E-state index >= 15 is 0 Å². The van der Waals surface area contributed by atoms with Crippen molar-refractivity contribution < 1.29 is 27.4 Å². The Morgan fingerprint density at radius 1 is 1.06 bits per heavy atom. The Kier molecular flexibility index (Phi) is 6.47. The Balaban J connectivity index is 1.58. The molecule has 0 spiro atoms. The minimum absolute atomic E-state index is 0.0653. The zero-order valence-electron chi connectivity index (χ0n) is 18.3. The number of benzene rings is 3. The van der Waals surface area contributed by atoms with Crippen molar-refractivity contribution in [3.63, 3.8) is 0 Å². The molecule has 0 radical (unpaired) electrons. The van der Waals surface area contributed by atoms with Crippen LogP contribution < -0.4 is 10.1 Å². The Hall–Kier alpha value is -3.98. The number of hydrogen-bond donors (Lipinski definition) is 1. The van der Waals surface area contributed by atoms with Gasteiger partial charge >= 0.3 is 6.18 Å². The van der Waals surface area contributed by atoms with Crippen molar-refractivity contribution in [1.29, 1.82) is 0 Å². The van der Waals surface area contributed by atoms with Crippen LogP contribution in [-0.4, -0.2) is 23.0 Å². The van der Waals surface area contributed by atoms with Crippen LogP contribution in [0, 0.1) is 6.92 Å². The van der Waals surface area contributed by atoms with E-state index in [4.69, 9.17) is 9.47 Å². The molecule has 0 unspecified atom stereocenters. The number of methoxy groups -OCH3 is 1. The van der Waals surface area contributed by atoms with Gasteiger partial charge in [0.25, 0.3) is 5.91 Å². The average molecular weight is 467 g/mol. The van der Waals surface area contributed by atoms with E-state index in [0.29, 0.717) is 28.4 Å². The summed E-state index contributed by atoms with van der Waals surface area (Å²) in [4.78, 5) is 21.2. The van der Waals surface area contributed by atoms with E-state index < -0.39 is 17.6 Å². The van der Waals surface area contributed by atoms with Crippen molar-refractivity contribution in [1.82, 2.24) is 9.97 Å². The van der Waals surface area contributed by atoms with Gasteiger partial charge in [0, 0.05) is 30.6 Å². The predicted octanol–water partition coefficient (Wildman–Crippen LogP) is 6.15. The maximum absolute atomic E-state index is 13.2. The number of amides is 1. The summed E-state index contributed by atoms with van der Waals surface area (Å²) in [5, 5.41) is 3.91. The summed E-state index contributed by atoms with van der Waals surface area (Å²) in [7, 11) is 1.54. The zero-order chi connectivity index (χ0) is 24.3. The molecule has 0 saturated carbocycles. The van der Waals surface area contributed by atoms with Crippen LogP contribution in [0.4, 0.5) is 18.9 Å². The van der Waals surface area contributed by atoms with Crippen LogP contribution in [0.1, 0.15) is 27.3 Å². The van der Waals surface area contributed by atoms with Crippen LogP contribution >= 0.6 is 0 Å². The first-order valence-electron chi connectivity index (χ1n) is 10.3. The number of anilines is 1. The van der Waals surface area contributed by atoms with Crippen molar-refractivity contribution in [2.45, 2.75) is 19.7 Å². The molecule has 1 aromatic heterocycles. The molecule has 34 heavy (non-hydrogen) atoms. The number of nitrogens with one attached hydrogen (secondary N) is 1. The van der Waals surface area contributed by atoms with E-state index in [0.717, 1.165) is 11.5 Å². The van der Waals surface area contributed by atoms with Gasteiger partial charge < -0.3 is 14.8 Å². The monoisotopic (exact) mass is 467 g/mol. The highest BCUT2D eigenvalue weighted by Crippen LogP contribution is 2.34. The number of aromatic nitrogens is 2. The molecule has 0 atom stereocenters. The van der Waals surface area contributed by atoms with E-state index in [1.165, 1.54) is 19.1 Å². The predicted molar refractivity (Wildman–Crippen MR) is 121 cm³/mol. The number of carbonyl (C=O) groups excluding carboxylic acids is 1. The molecule has 4 aromatic rings. The first kappa shape index (κ1) is 23.2. The molecular formula is C25H20F3N3O3. The zero-order valence-corrected chi connectivity index (χ0v) is 18.3. The molecule has 1 N–H and O–H groups in total. The number of nitrogens with zero attached hydrogens (tertiary/aromatic N) is 2. The minimum Gasteiger partial charge on any atom is -0.439 e. The van der Waals surface area contributed by atoms with Crippen LogP contribution in [0.2, 0.25) is 0 Å². The molecular weight excluding hydrogens is 447 g/mol. The van der Waals surface area contributed by atoms with Crippen molar-refractivity contribution >= 4 is 22.4 Å². The third kappa shape index (κ3) is 5.15. The second-order valence-electron chi connectivity index (χ2n) is 7.52. The molecule has 1 amide bonds. The second kappa shape index (κ2) is 9.48. The van der Waals surface area contributed by atoms with Crippen LogP contribution in [0.5, 0.6) is 11.6 Å². The Morgan fingerprint density at radius 2 is 1.88 bits per heavy atom. The first-order chi connectivity index (χ1) is 16.2. The van der Waals surface area contributed by atoms with Crippen LogP contribution in [0.3, 0.4) is 0 Å². The number of hydrogen-bond acceptors (Lipinski definition) is 5. The quantitative estimate of drug-likeness (QED) is 0.368. The Morgan fingerprint density at radius 3 is 2.65 bits per heavy atom. The van der Waals surface area contributed by atoms with Crippen LogP contribution in [0.15, 0.2) is 66.9 Å². The standard InChI is InChI=1S/C25H20F3N3O3/c1-15-6-7-17(13-21(15)25(26,27)28)30-24(32)20-5-3-4-16-12-18(8-9-19(16)20)34-23-10-11-29-22(31-23)14-33-2/h3-13H,14H2,1-2H3,(H,30,32). The average Bonchev–Trinajstić information content (AvgIpc) is 2.79. The van der Waals surface area contributed by atoms with Crippen molar-refractivity contribution in [2.75, 3.05) is 12.4 Å². The van der Waals surface area contributed by atoms with Gasteiger partial charge in [0.05, 0.1) is 5.56 Å². The van der Waals surface area contributed by atoms with E-state index in [-0.39, 0.29) is 17.9 Å². The Labute approximate surface area is 193 Å². The number of rotatable bonds is 6. The fraction of sp³-hybridized carbons (Fsp3) is 0.160. The van der Waals surface area contributed by atoms with Gasteiger partial charge in [0.15, 0.2) is 5.82 Å². The van der Waals surface area contributed by atoms with E-state index in [9.17, 15) is 18.0 Å². The largest absolute Gasteiger partial charge is 0.439 e. The molecule has 0 aliphatic heterocycles. The molecule has 174 valence electrons. The molecule has 9 heteroatoms. The van der Waals surface area contributed by atoms with Crippen molar-refractivity contribution in [2.24, 2.45) is 0 Å². The third-order valence-electron chi connectivity index (χ3n) is 5.07. The third-order valence-corrected chi connectivity index (χ3v) is 5.07. The molecule has 1 heterocycles. The van der Waals surface area contributed by atoms with E-state index in [1.54, 1.807) is 49.7 Å². The highest BCUT2D eigenvalue weighted by molar-refractivity contribution is 6.13. The fourth-order valence-corrected chi connectivity index (χ4v) is 3.48. The minimum atomic E-state index is -4.51. The van der Waals surface area contributed by atoms with Gasteiger partial charge in [-0.25, -0.2) is 4.98 Å². The SMILES string of the molecule is COCc1nccc(Oc2ccc3c(C(=O)Nc4ccc(C)c(C(F)(F)F)c4)cccc3c2)n1. The molecule has 0 bridgehead atoms. The normalized spacial score (nSPS) is 11.4. The van der Waals surface area contributed by atoms with Gasteiger partial charge in [0.2, 0.25) is 5.88 Å². The number of alkyl halides is 3. The molecule has 4 rings (SSSR count). The maximum atomic E-state index is 13.2. The van der Waals surface area contributed by atoms with Gasteiger partial charge in [0.1, 0.15) is 12.4 Å². The van der Waals surface area contributed by atoms with Crippen molar-refractivity contribution in [3.05, 3.63) is 89.4 Å².